The van der Waals surface area contributed by atoms with E-state index in [1.54, 1.807) is 24.4 Å². The van der Waals surface area contributed by atoms with Gasteiger partial charge in [0, 0.05) is 17.3 Å². The number of anilines is 1. The summed E-state index contributed by atoms with van der Waals surface area (Å²) in [6, 6.07) is 12.7. The average molecular weight is 368 g/mol. The molecule has 4 aromatic rings. The fourth-order valence-electron chi connectivity index (χ4n) is 2.81. The number of H-pyrrole nitrogens is 1. The number of sulfonamides is 1. The molecule has 132 valence electrons. The van der Waals surface area contributed by atoms with Gasteiger partial charge in [0.25, 0.3) is 0 Å². The number of furan rings is 1. The lowest BCUT2D eigenvalue weighted by Crippen LogP contribution is -2.09. The third kappa shape index (κ3) is 3.18. The zero-order valence-corrected chi connectivity index (χ0v) is 15.0. The van der Waals surface area contributed by atoms with E-state index < -0.39 is 10.0 Å². The van der Waals surface area contributed by atoms with Crippen molar-refractivity contribution in [2.75, 3.05) is 11.0 Å². The fraction of sp³-hybridized carbons (Fsp3) is 0.111. The first-order valence-corrected chi connectivity index (χ1v) is 9.77. The lowest BCUT2D eigenvalue weighted by atomic mass is 10.1. The van der Waals surface area contributed by atoms with E-state index >= 15 is 0 Å². The van der Waals surface area contributed by atoms with Gasteiger partial charge in [-0.1, -0.05) is 0 Å². The molecule has 26 heavy (non-hydrogen) atoms. The minimum Gasteiger partial charge on any atom is -0.453 e. The van der Waals surface area contributed by atoms with Gasteiger partial charge in [0.1, 0.15) is 11.4 Å². The van der Waals surface area contributed by atoms with Crippen LogP contribution in [-0.4, -0.2) is 29.9 Å². The van der Waals surface area contributed by atoms with E-state index in [0.29, 0.717) is 22.9 Å². The van der Waals surface area contributed by atoms with Crippen molar-refractivity contribution in [2.24, 2.45) is 0 Å². The van der Waals surface area contributed by atoms with Crippen molar-refractivity contribution >= 4 is 26.6 Å². The van der Waals surface area contributed by atoms with Gasteiger partial charge in [-0.25, -0.2) is 13.4 Å². The smallest absolute Gasteiger partial charge is 0.229 e. The second-order valence-electron chi connectivity index (χ2n) is 6.06. The predicted molar refractivity (Wildman–Crippen MR) is 100 cm³/mol. The van der Waals surface area contributed by atoms with Crippen LogP contribution < -0.4 is 4.72 Å². The van der Waals surface area contributed by atoms with E-state index in [2.05, 4.69) is 19.9 Å². The van der Waals surface area contributed by atoms with Crippen LogP contribution in [0.3, 0.4) is 0 Å². The largest absolute Gasteiger partial charge is 0.453 e. The molecule has 0 fully saturated rings. The summed E-state index contributed by atoms with van der Waals surface area (Å²) in [5.74, 6) is 1.34. The summed E-state index contributed by atoms with van der Waals surface area (Å²) >= 11 is 0. The van der Waals surface area contributed by atoms with Gasteiger partial charge in [0.05, 0.1) is 11.8 Å². The van der Waals surface area contributed by atoms with E-state index in [9.17, 15) is 8.42 Å². The molecule has 0 amide bonds. The molecule has 0 aliphatic heterocycles. The number of nitrogens with one attached hydrogen (secondary N) is 2. The van der Waals surface area contributed by atoms with Crippen LogP contribution in [0.2, 0.25) is 0 Å². The lowest BCUT2D eigenvalue weighted by molar-refractivity contribution is 0.592. The molecule has 0 saturated heterocycles. The predicted octanol–water partition coefficient (Wildman–Crippen LogP) is 3.56. The maximum Gasteiger partial charge on any atom is 0.229 e. The summed E-state index contributed by atoms with van der Waals surface area (Å²) in [4.78, 5) is 4.64. The summed E-state index contributed by atoms with van der Waals surface area (Å²) in [7, 11) is -3.32. The number of fused-ring (bicyclic) bond motifs is 1. The maximum atomic E-state index is 11.4. The standard InChI is InChI=1S/C18H16N4O3S/c1-11-9-16(18-6-5-17(25-18)15-7-8-19-21-15)20-14-4-3-12(10-13(11)14)22-26(2,23)24/h3-10,22H,1-2H3,(H,19,21). The third-order valence-corrected chi connectivity index (χ3v) is 4.55. The highest BCUT2D eigenvalue weighted by Gasteiger charge is 2.12. The van der Waals surface area contributed by atoms with Crippen molar-refractivity contribution in [3.05, 3.63) is 54.2 Å². The molecular weight excluding hydrogens is 352 g/mol. The molecule has 3 heterocycles. The zero-order valence-electron chi connectivity index (χ0n) is 14.1. The molecule has 2 N–H and O–H groups in total. The van der Waals surface area contributed by atoms with Crippen molar-refractivity contribution in [1.82, 2.24) is 15.2 Å². The van der Waals surface area contributed by atoms with Gasteiger partial charge in [-0.15, -0.1) is 0 Å². The van der Waals surface area contributed by atoms with Crippen LogP contribution in [0.25, 0.3) is 33.8 Å². The van der Waals surface area contributed by atoms with Crippen molar-refractivity contribution in [3.63, 3.8) is 0 Å². The number of pyridine rings is 1. The Morgan fingerprint density at radius 3 is 2.62 bits per heavy atom. The van der Waals surface area contributed by atoms with E-state index in [0.717, 1.165) is 28.4 Å². The van der Waals surface area contributed by atoms with Crippen molar-refractivity contribution < 1.29 is 12.8 Å². The number of aryl methyl sites for hydroxylation is 1. The van der Waals surface area contributed by atoms with Crippen LogP contribution >= 0.6 is 0 Å². The highest BCUT2D eigenvalue weighted by atomic mass is 32.2. The molecule has 0 bridgehead atoms. The third-order valence-electron chi connectivity index (χ3n) is 3.94. The van der Waals surface area contributed by atoms with Crippen LogP contribution in [0.4, 0.5) is 5.69 Å². The number of nitrogens with zero attached hydrogens (tertiary/aromatic N) is 2. The summed E-state index contributed by atoms with van der Waals surface area (Å²) in [6.45, 7) is 1.95. The van der Waals surface area contributed by atoms with E-state index in [1.165, 1.54) is 0 Å². The molecular formula is C18H16N4O3S. The van der Waals surface area contributed by atoms with E-state index in [4.69, 9.17) is 4.42 Å². The number of rotatable bonds is 4. The van der Waals surface area contributed by atoms with Gasteiger partial charge in [-0.2, -0.15) is 5.10 Å². The fourth-order valence-corrected chi connectivity index (χ4v) is 3.37. The molecule has 0 aliphatic carbocycles. The summed E-state index contributed by atoms with van der Waals surface area (Å²) in [6.07, 6.45) is 2.79. The molecule has 7 nitrogen and oxygen atoms in total. The van der Waals surface area contributed by atoms with E-state index in [1.807, 2.05) is 31.2 Å². The first-order chi connectivity index (χ1) is 12.4. The highest BCUT2D eigenvalue weighted by molar-refractivity contribution is 7.92. The Hall–Kier alpha value is -3.13. The molecule has 4 rings (SSSR count). The topological polar surface area (TPSA) is 101 Å². The Morgan fingerprint density at radius 2 is 1.88 bits per heavy atom. The van der Waals surface area contributed by atoms with Gasteiger partial charge in [-0.05, 0) is 55.0 Å². The molecule has 8 heteroatoms. The molecule has 0 saturated carbocycles. The monoisotopic (exact) mass is 368 g/mol. The Bertz CT molecular complexity index is 1190. The number of aromatic amines is 1. The normalized spacial score (nSPS) is 11.8. The van der Waals surface area contributed by atoms with Gasteiger partial charge < -0.3 is 4.42 Å². The molecule has 0 aliphatic rings. The highest BCUT2D eigenvalue weighted by Crippen LogP contribution is 2.30. The first kappa shape index (κ1) is 16.3. The lowest BCUT2D eigenvalue weighted by Gasteiger charge is -2.08. The second-order valence-corrected chi connectivity index (χ2v) is 7.81. The summed E-state index contributed by atoms with van der Waals surface area (Å²) < 4.78 is 31.2. The van der Waals surface area contributed by atoms with Crippen LogP contribution in [-0.2, 0) is 10.0 Å². The molecule has 0 atom stereocenters. The van der Waals surface area contributed by atoms with Crippen LogP contribution in [0.1, 0.15) is 5.56 Å². The van der Waals surface area contributed by atoms with Gasteiger partial charge in [-0.3, -0.25) is 9.82 Å². The number of benzene rings is 1. The Balaban J connectivity index is 1.75. The SMILES string of the molecule is Cc1cc(-c2ccc(-c3ccn[nH]3)o2)nc2ccc(NS(C)(=O)=O)cc12. The van der Waals surface area contributed by atoms with Crippen LogP contribution in [0.15, 0.2) is 53.1 Å². The second kappa shape index (κ2) is 5.99. The summed E-state index contributed by atoms with van der Waals surface area (Å²) in [5, 5.41) is 7.66. The summed E-state index contributed by atoms with van der Waals surface area (Å²) in [5.41, 5.74) is 3.76. The van der Waals surface area contributed by atoms with Crippen molar-refractivity contribution in [2.45, 2.75) is 6.92 Å². The van der Waals surface area contributed by atoms with Gasteiger partial charge >= 0.3 is 0 Å². The maximum absolute atomic E-state index is 11.4. The minimum absolute atomic E-state index is 0.511. The minimum atomic E-state index is -3.32. The number of aromatic nitrogens is 3. The van der Waals surface area contributed by atoms with Crippen molar-refractivity contribution in [1.29, 1.82) is 0 Å². The quantitative estimate of drug-likeness (QED) is 0.573. The van der Waals surface area contributed by atoms with Crippen molar-refractivity contribution in [3.8, 4) is 22.9 Å². The number of hydrogen-bond acceptors (Lipinski definition) is 5. The van der Waals surface area contributed by atoms with Crippen LogP contribution in [0.5, 0.6) is 0 Å². The Morgan fingerprint density at radius 1 is 1.08 bits per heavy atom. The average Bonchev–Trinajstić information content (AvgIpc) is 3.25. The first-order valence-electron chi connectivity index (χ1n) is 7.88. The molecule has 0 spiro atoms. The van der Waals surface area contributed by atoms with Crippen LogP contribution in [0, 0.1) is 6.92 Å². The molecule has 1 aromatic carbocycles. The van der Waals surface area contributed by atoms with E-state index in [-0.39, 0.29) is 0 Å². The molecule has 3 aromatic heterocycles. The Kier molecular flexibility index (Phi) is 3.77. The Labute approximate surface area is 150 Å². The zero-order chi connectivity index (χ0) is 18.3. The number of hydrogen-bond donors (Lipinski definition) is 2. The molecule has 0 radical (unpaired) electrons. The molecule has 0 unspecified atom stereocenters. The van der Waals surface area contributed by atoms with Gasteiger partial charge in [0.15, 0.2) is 11.5 Å². The van der Waals surface area contributed by atoms with Gasteiger partial charge in [0.2, 0.25) is 10.0 Å².